The summed E-state index contributed by atoms with van der Waals surface area (Å²) in [6.45, 7) is 12.9. The summed E-state index contributed by atoms with van der Waals surface area (Å²) >= 11 is 0. The molecule has 2 N–H and O–H groups in total. The lowest BCUT2D eigenvalue weighted by Crippen LogP contribution is -2.50. The fraction of sp³-hybridized carbons (Fsp3) is 0.541. The predicted octanol–water partition coefficient (Wildman–Crippen LogP) is 8.37. The fourth-order valence-electron chi connectivity index (χ4n) is 5.06. The average Bonchev–Trinajstić information content (AvgIpc) is 3.20. The molecule has 2 saturated heterocycles. The van der Waals surface area contributed by atoms with Gasteiger partial charge in [-0.05, 0) is 76.5 Å². The van der Waals surface area contributed by atoms with E-state index in [9.17, 15) is 22.8 Å². The van der Waals surface area contributed by atoms with E-state index in [1.54, 1.807) is 14.0 Å². The molecule has 1 amide bonds. The molecule has 2 aliphatic heterocycles. The zero-order chi connectivity index (χ0) is 35.9. The van der Waals surface area contributed by atoms with Gasteiger partial charge in [0.1, 0.15) is 12.4 Å². The maximum absolute atomic E-state index is 13.3. The lowest BCUT2D eigenvalue weighted by Gasteiger charge is -2.31. The van der Waals surface area contributed by atoms with E-state index in [0.717, 1.165) is 55.8 Å². The van der Waals surface area contributed by atoms with Gasteiger partial charge in [0.2, 0.25) is 5.91 Å². The van der Waals surface area contributed by atoms with Crippen molar-refractivity contribution in [1.29, 1.82) is 0 Å². The van der Waals surface area contributed by atoms with Crippen molar-refractivity contribution in [2.24, 2.45) is 10.9 Å². The topological polar surface area (TPSA) is 100 Å². The Morgan fingerprint density at radius 1 is 1.10 bits per heavy atom. The Balaban J connectivity index is 0.000000332. The monoisotopic (exact) mass is 677 g/mol. The van der Waals surface area contributed by atoms with Crippen LogP contribution in [0.1, 0.15) is 85.1 Å². The van der Waals surface area contributed by atoms with E-state index in [1.807, 2.05) is 70.3 Å². The average molecular weight is 678 g/mol. The van der Waals surface area contributed by atoms with Crippen molar-refractivity contribution >= 4 is 24.2 Å². The lowest BCUT2D eigenvalue weighted by atomic mass is 9.90. The van der Waals surface area contributed by atoms with Crippen LogP contribution >= 0.6 is 0 Å². The van der Waals surface area contributed by atoms with Crippen LogP contribution in [0.3, 0.4) is 0 Å². The summed E-state index contributed by atoms with van der Waals surface area (Å²) in [6.07, 6.45) is 13.8. The summed E-state index contributed by atoms with van der Waals surface area (Å²) in [5, 5.41) is 11.2. The maximum Gasteiger partial charge on any atom is 0.306 e. The Morgan fingerprint density at radius 2 is 1.77 bits per heavy atom. The van der Waals surface area contributed by atoms with Crippen molar-refractivity contribution in [3.63, 3.8) is 0 Å². The standard InChI is InChI=1S/C12H12F3NO2.C10H12O.C7H12O2.C6H12N2.C2H6/c1-6-12(18-5-10(17)16-6)7-2-3-8(13)11(15)9(14)4-7;1-3-6-9-7-4-5-8-10(9)11-2;8-7(9)6-4-2-1-3-5-6;1-2-7-6-8-4-3-5-8;1-2/h3-4,6,12H,2,5H2,1H3,(H,16,17);3-8H,1-2H3;6H,1-5H2,(H,8,9);2H,3-6H2,1H3;1-2H3/b;6-3+;;7-2+;. The second-order valence-corrected chi connectivity index (χ2v) is 11.2. The van der Waals surface area contributed by atoms with Crippen LogP contribution in [0.4, 0.5) is 13.2 Å². The van der Waals surface area contributed by atoms with E-state index >= 15 is 0 Å². The molecule has 268 valence electrons. The van der Waals surface area contributed by atoms with E-state index in [0.29, 0.717) is 5.57 Å². The van der Waals surface area contributed by atoms with Gasteiger partial charge in [-0.15, -0.1) is 0 Å². The first-order valence-corrected chi connectivity index (χ1v) is 16.8. The van der Waals surface area contributed by atoms with Gasteiger partial charge < -0.3 is 19.9 Å². The summed E-state index contributed by atoms with van der Waals surface area (Å²) in [6, 6.07) is 7.57. The van der Waals surface area contributed by atoms with Crippen LogP contribution in [-0.2, 0) is 14.3 Å². The molecular weight excluding hydrogens is 623 g/mol. The number of nitrogens with zero attached hydrogens (tertiary/aromatic N) is 2. The van der Waals surface area contributed by atoms with Gasteiger partial charge in [-0.1, -0.05) is 63.5 Å². The first-order valence-electron chi connectivity index (χ1n) is 16.8. The number of morpholine rings is 1. The van der Waals surface area contributed by atoms with Crippen molar-refractivity contribution in [3.05, 3.63) is 71.1 Å². The number of aliphatic imine (C=N–C) groups is 1. The summed E-state index contributed by atoms with van der Waals surface area (Å²) in [4.78, 5) is 27.8. The first-order chi connectivity index (χ1) is 23.1. The summed E-state index contributed by atoms with van der Waals surface area (Å²) in [7, 11) is 1.68. The summed E-state index contributed by atoms with van der Waals surface area (Å²) in [5.41, 5.74) is 1.51. The van der Waals surface area contributed by atoms with Gasteiger partial charge >= 0.3 is 5.97 Å². The number of methoxy groups -OCH3 is 1. The third-order valence-electron chi connectivity index (χ3n) is 7.70. The van der Waals surface area contributed by atoms with Crippen molar-refractivity contribution in [2.75, 3.05) is 33.5 Å². The largest absolute Gasteiger partial charge is 0.496 e. The van der Waals surface area contributed by atoms with Crippen LogP contribution in [0.15, 0.2) is 70.5 Å². The molecule has 2 unspecified atom stereocenters. The molecule has 1 saturated carbocycles. The zero-order valence-corrected chi connectivity index (χ0v) is 29.3. The van der Waals surface area contributed by atoms with E-state index in [4.69, 9.17) is 14.6 Å². The highest BCUT2D eigenvalue weighted by Crippen LogP contribution is 2.30. The first kappa shape index (κ1) is 42.3. The number of hydrogen-bond acceptors (Lipinski definition) is 6. The number of likely N-dealkylation sites (tertiary alicyclic amines) is 1. The smallest absolute Gasteiger partial charge is 0.306 e. The number of amides is 1. The number of carboxylic acids is 1. The Hall–Kier alpha value is -3.70. The Labute approximate surface area is 284 Å². The fourth-order valence-corrected chi connectivity index (χ4v) is 5.06. The van der Waals surface area contributed by atoms with Crippen LogP contribution in [-0.4, -0.2) is 73.7 Å². The van der Waals surface area contributed by atoms with Gasteiger partial charge in [-0.3, -0.25) is 19.5 Å². The highest BCUT2D eigenvalue weighted by atomic mass is 19.2. The van der Waals surface area contributed by atoms with Gasteiger partial charge in [0.15, 0.2) is 17.5 Å². The molecule has 3 fully saturated rings. The normalized spacial score (nSPS) is 21.2. The molecule has 5 rings (SSSR count). The number of rotatable bonds is 6. The summed E-state index contributed by atoms with van der Waals surface area (Å²) < 4.78 is 49.8. The van der Waals surface area contributed by atoms with E-state index in [2.05, 4.69) is 15.2 Å². The van der Waals surface area contributed by atoms with Gasteiger partial charge in [-0.2, -0.15) is 0 Å². The highest BCUT2D eigenvalue weighted by molar-refractivity contribution is 5.78. The number of halogens is 3. The quantitative estimate of drug-likeness (QED) is 0.294. The van der Waals surface area contributed by atoms with Crippen molar-refractivity contribution < 1.29 is 37.3 Å². The number of carboxylic acid groups (broad SMARTS) is 1. The molecular formula is C37H54F3N3O5. The Morgan fingerprint density at radius 3 is 2.29 bits per heavy atom. The second-order valence-electron chi connectivity index (χ2n) is 11.2. The number of allylic oxidation sites excluding steroid dienone is 6. The van der Waals surface area contributed by atoms with Gasteiger partial charge in [0.25, 0.3) is 0 Å². The predicted molar refractivity (Wildman–Crippen MR) is 187 cm³/mol. The van der Waals surface area contributed by atoms with Crippen LogP contribution < -0.4 is 10.1 Å². The number of aliphatic carboxylic acids is 1. The van der Waals surface area contributed by atoms with Crippen LogP contribution in [0, 0.1) is 5.92 Å². The minimum atomic E-state index is -1.50. The molecule has 11 heteroatoms. The lowest BCUT2D eigenvalue weighted by molar-refractivity contribution is -0.142. The zero-order valence-electron chi connectivity index (χ0n) is 29.3. The molecule has 1 aromatic carbocycles. The number of nitrogens with one attached hydrogen (secondary N) is 1. The third kappa shape index (κ3) is 15.5. The minimum absolute atomic E-state index is 0.0289. The molecule has 4 aliphatic rings. The molecule has 48 heavy (non-hydrogen) atoms. The molecule has 0 radical (unpaired) electrons. The summed E-state index contributed by atoms with van der Waals surface area (Å²) in [5.74, 6) is -3.95. The van der Waals surface area contributed by atoms with Crippen LogP contribution in [0.5, 0.6) is 5.75 Å². The van der Waals surface area contributed by atoms with E-state index in [1.165, 1.54) is 25.9 Å². The maximum atomic E-state index is 13.3. The molecule has 2 atom stereocenters. The van der Waals surface area contributed by atoms with Crippen molar-refractivity contribution in [1.82, 2.24) is 10.2 Å². The second kappa shape index (κ2) is 24.4. The van der Waals surface area contributed by atoms with Gasteiger partial charge in [0, 0.05) is 18.7 Å². The molecule has 8 nitrogen and oxygen atoms in total. The minimum Gasteiger partial charge on any atom is -0.496 e. The van der Waals surface area contributed by atoms with Crippen molar-refractivity contribution in [2.45, 2.75) is 91.7 Å². The molecule has 0 bridgehead atoms. The number of ether oxygens (including phenoxy) is 2. The van der Waals surface area contributed by atoms with Crippen molar-refractivity contribution in [3.8, 4) is 5.75 Å². The molecule has 2 heterocycles. The van der Waals surface area contributed by atoms with Gasteiger partial charge in [0.05, 0.1) is 31.8 Å². The van der Waals surface area contributed by atoms with Crippen LogP contribution in [0.2, 0.25) is 0 Å². The van der Waals surface area contributed by atoms with E-state index < -0.39 is 29.6 Å². The number of carbonyl (C=O) groups excluding carboxylic acids is 1. The Bertz CT molecular complexity index is 1270. The number of carbonyl (C=O) groups is 2. The molecule has 2 aliphatic carbocycles. The molecule has 0 spiro atoms. The van der Waals surface area contributed by atoms with E-state index in [-0.39, 0.29) is 30.9 Å². The number of para-hydroxylation sites is 1. The Kier molecular flexibility index (Phi) is 21.6. The number of benzene rings is 1. The third-order valence-corrected chi connectivity index (χ3v) is 7.70. The van der Waals surface area contributed by atoms with Gasteiger partial charge in [-0.25, -0.2) is 13.2 Å². The van der Waals surface area contributed by atoms with Crippen LogP contribution in [0.25, 0.3) is 6.08 Å². The SMILES string of the molecule is C/C=C/c1ccccc1OC.C/C=N/CN1CCC1.CC.CC1NC(=O)COC1C1=CC(F)=C(F)C(F)=CC1.O=C(O)C1CCCCC1. The molecule has 0 aromatic heterocycles. The molecule has 1 aromatic rings. The highest BCUT2D eigenvalue weighted by Gasteiger charge is 2.30. The number of hydrogen-bond donors (Lipinski definition) is 2.